The third-order valence-corrected chi connectivity index (χ3v) is 5.23. The van der Waals surface area contributed by atoms with Crippen molar-refractivity contribution in [3.8, 4) is 0 Å². The first kappa shape index (κ1) is 16.9. The van der Waals surface area contributed by atoms with Crippen LogP contribution in [0.15, 0.2) is 47.4 Å². The number of rotatable bonds is 7. The highest BCUT2D eigenvalue weighted by Crippen LogP contribution is 2.18. The van der Waals surface area contributed by atoms with Crippen LogP contribution in [0, 0.1) is 0 Å². The lowest BCUT2D eigenvalue weighted by Crippen LogP contribution is -2.29. The van der Waals surface area contributed by atoms with Gasteiger partial charge in [0.2, 0.25) is 20.0 Å². The van der Waals surface area contributed by atoms with Crippen LogP contribution in [0.25, 0.3) is 10.8 Å². The fourth-order valence-corrected chi connectivity index (χ4v) is 3.59. The third kappa shape index (κ3) is 4.77. The standard InChI is InChI=1S/C14H18N2O4S2/c1-21(17,18)15-9-4-10-16-22(19,20)14-8-7-12-5-2-3-6-13(12)11-14/h2-3,5-8,11,15-16H,4,9-10H2,1H3. The van der Waals surface area contributed by atoms with E-state index in [1.807, 2.05) is 24.3 Å². The summed E-state index contributed by atoms with van der Waals surface area (Å²) in [5.41, 5.74) is 0. The monoisotopic (exact) mass is 342 g/mol. The number of benzene rings is 2. The van der Waals surface area contributed by atoms with Crippen LogP contribution in [-0.2, 0) is 20.0 Å². The Balaban J connectivity index is 2.00. The van der Waals surface area contributed by atoms with Crippen LogP contribution < -0.4 is 9.44 Å². The van der Waals surface area contributed by atoms with Crippen molar-refractivity contribution in [1.82, 2.24) is 9.44 Å². The van der Waals surface area contributed by atoms with Gasteiger partial charge in [0.1, 0.15) is 0 Å². The summed E-state index contributed by atoms with van der Waals surface area (Å²) in [4.78, 5) is 0.197. The Morgan fingerprint density at radius 1 is 0.864 bits per heavy atom. The van der Waals surface area contributed by atoms with Crippen LogP contribution in [0.4, 0.5) is 0 Å². The van der Waals surface area contributed by atoms with E-state index in [0.29, 0.717) is 6.42 Å². The zero-order valence-electron chi connectivity index (χ0n) is 12.1. The van der Waals surface area contributed by atoms with Crippen molar-refractivity contribution in [2.75, 3.05) is 19.3 Å². The molecule has 0 radical (unpaired) electrons. The SMILES string of the molecule is CS(=O)(=O)NCCCNS(=O)(=O)c1ccc2ccccc2c1. The summed E-state index contributed by atoms with van der Waals surface area (Å²) >= 11 is 0. The van der Waals surface area contributed by atoms with Crippen molar-refractivity contribution in [3.05, 3.63) is 42.5 Å². The predicted molar refractivity (Wildman–Crippen MR) is 86.6 cm³/mol. The van der Waals surface area contributed by atoms with Gasteiger partial charge in [0, 0.05) is 13.1 Å². The zero-order valence-corrected chi connectivity index (χ0v) is 13.7. The molecule has 2 aromatic rings. The maximum atomic E-state index is 12.2. The maximum absolute atomic E-state index is 12.2. The molecule has 0 saturated heterocycles. The largest absolute Gasteiger partial charge is 0.240 e. The molecule has 0 heterocycles. The van der Waals surface area contributed by atoms with Crippen molar-refractivity contribution in [2.24, 2.45) is 0 Å². The molecule has 8 heteroatoms. The van der Waals surface area contributed by atoms with Crippen LogP contribution in [0.2, 0.25) is 0 Å². The molecule has 0 bridgehead atoms. The fourth-order valence-electron chi connectivity index (χ4n) is 1.97. The topological polar surface area (TPSA) is 92.3 Å². The second kappa shape index (κ2) is 6.74. The molecular formula is C14H18N2O4S2. The Morgan fingerprint density at radius 2 is 1.50 bits per heavy atom. The van der Waals surface area contributed by atoms with Gasteiger partial charge in [-0.05, 0) is 29.3 Å². The van der Waals surface area contributed by atoms with Crippen LogP contribution >= 0.6 is 0 Å². The highest BCUT2D eigenvalue weighted by Gasteiger charge is 2.13. The minimum atomic E-state index is -3.59. The van der Waals surface area contributed by atoms with E-state index >= 15 is 0 Å². The van der Waals surface area contributed by atoms with Crippen molar-refractivity contribution in [1.29, 1.82) is 0 Å². The Kier molecular flexibility index (Phi) is 5.17. The summed E-state index contributed by atoms with van der Waals surface area (Å²) in [6.07, 6.45) is 1.44. The molecule has 0 unspecified atom stereocenters. The smallest absolute Gasteiger partial charge is 0.215 e. The molecular weight excluding hydrogens is 324 g/mol. The molecule has 22 heavy (non-hydrogen) atoms. The number of hydrogen-bond donors (Lipinski definition) is 2. The molecule has 2 aromatic carbocycles. The Hall–Kier alpha value is -1.48. The van der Waals surface area contributed by atoms with Crippen LogP contribution in [0.5, 0.6) is 0 Å². The number of nitrogens with one attached hydrogen (secondary N) is 2. The Labute approximate surface area is 130 Å². The highest BCUT2D eigenvalue weighted by molar-refractivity contribution is 7.89. The normalized spacial score (nSPS) is 12.6. The van der Waals surface area contributed by atoms with Gasteiger partial charge in [-0.25, -0.2) is 26.3 Å². The van der Waals surface area contributed by atoms with Gasteiger partial charge in [0.25, 0.3) is 0 Å². The molecule has 2 rings (SSSR count). The van der Waals surface area contributed by atoms with Gasteiger partial charge in [-0.15, -0.1) is 0 Å². The van der Waals surface area contributed by atoms with Crippen molar-refractivity contribution >= 4 is 30.8 Å². The molecule has 120 valence electrons. The minimum absolute atomic E-state index is 0.164. The first-order valence-electron chi connectivity index (χ1n) is 6.71. The molecule has 0 aromatic heterocycles. The van der Waals surface area contributed by atoms with E-state index in [-0.39, 0.29) is 18.0 Å². The molecule has 6 nitrogen and oxygen atoms in total. The predicted octanol–water partition coefficient (Wildman–Crippen LogP) is 1.06. The second-order valence-corrected chi connectivity index (χ2v) is 8.53. The molecule has 0 fully saturated rings. The van der Waals surface area contributed by atoms with Crippen LogP contribution in [-0.4, -0.2) is 36.2 Å². The average molecular weight is 342 g/mol. The molecule has 0 aliphatic carbocycles. The molecule has 0 amide bonds. The van der Waals surface area contributed by atoms with E-state index in [9.17, 15) is 16.8 Å². The van der Waals surface area contributed by atoms with Gasteiger partial charge >= 0.3 is 0 Å². The fraction of sp³-hybridized carbons (Fsp3) is 0.286. The molecule has 0 saturated carbocycles. The van der Waals surface area contributed by atoms with E-state index in [4.69, 9.17) is 0 Å². The minimum Gasteiger partial charge on any atom is -0.215 e. The summed E-state index contributed by atoms with van der Waals surface area (Å²) in [6, 6.07) is 12.4. The van der Waals surface area contributed by atoms with E-state index in [0.717, 1.165) is 17.0 Å². The first-order valence-corrected chi connectivity index (χ1v) is 10.1. The maximum Gasteiger partial charge on any atom is 0.240 e. The van der Waals surface area contributed by atoms with E-state index in [2.05, 4.69) is 9.44 Å². The summed E-state index contributed by atoms with van der Waals surface area (Å²) in [6.45, 7) is 0.358. The molecule has 0 aliphatic rings. The van der Waals surface area contributed by atoms with Gasteiger partial charge < -0.3 is 0 Å². The van der Waals surface area contributed by atoms with Gasteiger partial charge in [-0.3, -0.25) is 0 Å². The Morgan fingerprint density at radius 3 is 2.18 bits per heavy atom. The van der Waals surface area contributed by atoms with Gasteiger partial charge in [-0.2, -0.15) is 0 Å². The molecule has 2 N–H and O–H groups in total. The number of sulfonamides is 2. The zero-order chi connectivity index (χ0) is 16.2. The van der Waals surface area contributed by atoms with Crippen molar-refractivity contribution in [3.63, 3.8) is 0 Å². The van der Waals surface area contributed by atoms with Crippen LogP contribution in [0.3, 0.4) is 0 Å². The molecule has 0 spiro atoms. The summed E-state index contributed by atoms with van der Waals surface area (Å²) < 4.78 is 50.9. The van der Waals surface area contributed by atoms with E-state index in [1.165, 1.54) is 0 Å². The van der Waals surface area contributed by atoms with Gasteiger partial charge in [0.15, 0.2) is 0 Å². The lowest BCUT2D eigenvalue weighted by Gasteiger charge is -2.08. The Bertz CT molecular complexity index is 861. The quantitative estimate of drug-likeness (QED) is 0.736. The summed E-state index contributed by atoms with van der Waals surface area (Å²) in [5, 5.41) is 1.82. The van der Waals surface area contributed by atoms with Crippen molar-refractivity contribution < 1.29 is 16.8 Å². The molecule has 0 atom stereocenters. The average Bonchev–Trinajstić information content (AvgIpc) is 2.45. The number of hydrogen-bond acceptors (Lipinski definition) is 4. The first-order chi connectivity index (χ1) is 10.3. The summed E-state index contributed by atoms with van der Waals surface area (Å²) in [7, 11) is -6.84. The molecule has 0 aliphatic heterocycles. The number of fused-ring (bicyclic) bond motifs is 1. The van der Waals surface area contributed by atoms with E-state index < -0.39 is 20.0 Å². The van der Waals surface area contributed by atoms with Crippen molar-refractivity contribution in [2.45, 2.75) is 11.3 Å². The lowest BCUT2D eigenvalue weighted by atomic mass is 10.1. The van der Waals surface area contributed by atoms with Gasteiger partial charge in [-0.1, -0.05) is 30.3 Å². The highest BCUT2D eigenvalue weighted by atomic mass is 32.2. The third-order valence-electron chi connectivity index (χ3n) is 3.04. The van der Waals surface area contributed by atoms with E-state index in [1.54, 1.807) is 18.2 Å². The lowest BCUT2D eigenvalue weighted by molar-refractivity contribution is 0.575. The van der Waals surface area contributed by atoms with Gasteiger partial charge in [0.05, 0.1) is 11.2 Å². The van der Waals surface area contributed by atoms with Crippen LogP contribution in [0.1, 0.15) is 6.42 Å². The second-order valence-electron chi connectivity index (χ2n) is 4.93. The summed E-state index contributed by atoms with van der Waals surface area (Å²) in [5.74, 6) is 0.